The molecule has 2 N–H and O–H groups in total. The standard InChI is InChI=1S/C21H28N2O6/c1-4-9-28-16-8-7-14(11-17(16)26-3)19-18(13(2)22-21(25)23-19)20(24)29-12-15-6-5-10-27-15/h7-8,11,15,19H,4-6,9-10,12H2,1-3H3,(H2,22,23,25)/t15-,19-/m0/s1. The number of carbonyl (C=O) groups excluding carboxylic acids is 2. The number of urea groups is 1. The van der Waals surface area contributed by atoms with E-state index in [1.54, 1.807) is 26.2 Å². The molecule has 0 saturated carbocycles. The van der Waals surface area contributed by atoms with Crippen molar-refractivity contribution in [2.24, 2.45) is 0 Å². The second-order valence-corrected chi connectivity index (χ2v) is 7.06. The average molecular weight is 404 g/mol. The van der Waals surface area contributed by atoms with E-state index < -0.39 is 12.0 Å². The van der Waals surface area contributed by atoms with Crippen molar-refractivity contribution in [3.8, 4) is 11.5 Å². The zero-order chi connectivity index (χ0) is 20.8. The Morgan fingerprint density at radius 3 is 2.83 bits per heavy atom. The molecule has 1 aromatic carbocycles. The van der Waals surface area contributed by atoms with Crippen molar-refractivity contribution in [1.29, 1.82) is 0 Å². The molecule has 158 valence electrons. The summed E-state index contributed by atoms with van der Waals surface area (Å²) in [6, 6.07) is 4.32. The Morgan fingerprint density at radius 2 is 2.14 bits per heavy atom. The predicted molar refractivity (Wildman–Crippen MR) is 106 cm³/mol. The van der Waals surface area contributed by atoms with E-state index in [1.165, 1.54) is 0 Å². The molecule has 2 aliphatic rings. The van der Waals surface area contributed by atoms with Crippen LogP contribution >= 0.6 is 0 Å². The monoisotopic (exact) mass is 404 g/mol. The Morgan fingerprint density at radius 1 is 1.31 bits per heavy atom. The van der Waals surface area contributed by atoms with Gasteiger partial charge in [-0.05, 0) is 43.9 Å². The van der Waals surface area contributed by atoms with Crippen LogP contribution in [0, 0.1) is 0 Å². The minimum atomic E-state index is -0.658. The van der Waals surface area contributed by atoms with Gasteiger partial charge in [-0.25, -0.2) is 9.59 Å². The van der Waals surface area contributed by atoms with Crippen LogP contribution in [-0.4, -0.2) is 45.0 Å². The molecule has 0 radical (unpaired) electrons. The van der Waals surface area contributed by atoms with E-state index in [0.29, 0.717) is 41.5 Å². The quantitative estimate of drug-likeness (QED) is 0.647. The van der Waals surface area contributed by atoms with E-state index in [9.17, 15) is 9.59 Å². The maximum atomic E-state index is 12.8. The topological polar surface area (TPSA) is 95.1 Å². The maximum Gasteiger partial charge on any atom is 0.338 e. The Bertz CT molecular complexity index is 785. The molecule has 0 spiro atoms. The van der Waals surface area contributed by atoms with Crippen molar-refractivity contribution in [3.05, 3.63) is 35.0 Å². The minimum Gasteiger partial charge on any atom is -0.493 e. The third-order valence-corrected chi connectivity index (χ3v) is 4.90. The lowest BCUT2D eigenvalue weighted by atomic mass is 9.95. The summed E-state index contributed by atoms with van der Waals surface area (Å²) in [6.07, 6.45) is 2.65. The summed E-state index contributed by atoms with van der Waals surface area (Å²) in [5, 5.41) is 5.45. The van der Waals surface area contributed by atoms with Crippen LogP contribution in [0.2, 0.25) is 0 Å². The van der Waals surface area contributed by atoms with E-state index >= 15 is 0 Å². The molecule has 2 heterocycles. The van der Waals surface area contributed by atoms with Crippen LogP contribution in [-0.2, 0) is 14.3 Å². The Hall–Kier alpha value is -2.74. The summed E-state index contributed by atoms with van der Waals surface area (Å²) >= 11 is 0. The number of hydrogen-bond acceptors (Lipinski definition) is 6. The maximum absolute atomic E-state index is 12.8. The number of esters is 1. The summed E-state index contributed by atoms with van der Waals surface area (Å²) < 4.78 is 22.1. The highest BCUT2D eigenvalue weighted by molar-refractivity contribution is 5.95. The lowest BCUT2D eigenvalue weighted by Gasteiger charge is -2.28. The summed E-state index contributed by atoms with van der Waals surface area (Å²) in [7, 11) is 1.55. The van der Waals surface area contributed by atoms with Crippen molar-refractivity contribution in [2.75, 3.05) is 26.9 Å². The number of rotatable bonds is 8. The van der Waals surface area contributed by atoms with Gasteiger partial charge in [0.05, 0.1) is 31.4 Å². The number of hydrogen-bond donors (Lipinski definition) is 2. The number of carbonyl (C=O) groups is 2. The molecule has 8 nitrogen and oxygen atoms in total. The van der Waals surface area contributed by atoms with Crippen LogP contribution in [0.1, 0.15) is 44.7 Å². The molecule has 0 aliphatic carbocycles. The molecule has 3 rings (SSSR count). The third-order valence-electron chi connectivity index (χ3n) is 4.90. The van der Waals surface area contributed by atoms with Gasteiger partial charge in [0.1, 0.15) is 6.61 Å². The molecule has 1 aromatic rings. The Labute approximate surface area is 170 Å². The van der Waals surface area contributed by atoms with Crippen molar-refractivity contribution < 1.29 is 28.5 Å². The van der Waals surface area contributed by atoms with Gasteiger partial charge < -0.3 is 29.6 Å². The van der Waals surface area contributed by atoms with Crippen LogP contribution in [0.4, 0.5) is 4.79 Å². The van der Waals surface area contributed by atoms with Crippen LogP contribution < -0.4 is 20.1 Å². The minimum absolute atomic E-state index is 0.0699. The zero-order valence-corrected chi connectivity index (χ0v) is 17.1. The van der Waals surface area contributed by atoms with Crippen LogP contribution in [0.25, 0.3) is 0 Å². The second kappa shape index (κ2) is 9.65. The lowest BCUT2D eigenvalue weighted by Crippen LogP contribution is -2.45. The first-order valence-electron chi connectivity index (χ1n) is 9.91. The van der Waals surface area contributed by atoms with Gasteiger partial charge >= 0.3 is 12.0 Å². The van der Waals surface area contributed by atoms with Gasteiger partial charge in [0.2, 0.25) is 0 Å². The fourth-order valence-corrected chi connectivity index (χ4v) is 3.43. The lowest BCUT2D eigenvalue weighted by molar-refractivity contribution is -0.142. The van der Waals surface area contributed by atoms with Gasteiger partial charge in [0.15, 0.2) is 11.5 Å². The zero-order valence-electron chi connectivity index (χ0n) is 17.1. The molecule has 29 heavy (non-hydrogen) atoms. The molecule has 8 heteroatoms. The van der Waals surface area contributed by atoms with E-state index in [0.717, 1.165) is 19.3 Å². The van der Waals surface area contributed by atoms with Gasteiger partial charge in [0.25, 0.3) is 0 Å². The van der Waals surface area contributed by atoms with Crippen molar-refractivity contribution in [2.45, 2.75) is 45.3 Å². The number of methoxy groups -OCH3 is 1. The SMILES string of the molecule is CCCOc1ccc([C@@H]2NC(=O)NC(C)=C2C(=O)OC[C@@H]2CCCO2)cc1OC. The predicted octanol–water partition coefficient (Wildman–Crippen LogP) is 2.83. The van der Waals surface area contributed by atoms with Gasteiger partial charge in [-0.1, -0.05) is 13.0 Å². The molecule has 2 aliphatic heterocycles. The van der Waals surface area contributed by atoms with Crippen molar-refractivity contribution >= 4 is 12.0 Å². The largest absolute Gasteiger partial charge is 0.493 e. The van der Waals surface area contributed by atoms with E-state index in [-0.39, 0.29) is 18.7 Å². The Kier molecular flexibility index (Phi) is 6.98. The number of benzene rings is 1. The highest BCUT2D eigenvalue weighted by atomic mass is 16.6. The first kappa shape index (κ1) is 21.0. The molecular weight excluding hydrogens is 376 g/mol. The van der Waals surface area contributed by atoms with E-state index in [1.807, 2.05) is 13.0 Å². The number of nitrogens with one attached hydrogen (secondary N) is 2. The Balaban J connectivity index is 1.83. The summed E-state index contributed by atoms with van der Waals surface area (Å²) in [5.41, 5.74) is 1.51. The molecule has 1 fully saturated rings. The van der Waals surface area contributed by atoms with Crippen molar-refractivity contribution in [1.82, 2.24) is 10.6 Å². The number of ether oxygens (including phenoxy) is 4. The van der Waals surface area contributed by atoms with Gasteiger partial charge in [0, 0.05) is 12.3 Å². The van der Waals surface area contributed by atoms with Crippen LogP contribution in [0.15, 0.2) is 29.5 Å². The highest BCUT2D eigenvalue weighted by Gasteiger charge is 2.33. The average Bonchev–Trinajstić information content (AvgIpc) is 3.23. The van der Waals surface area contributed by atoms with E-state index in [2.05, 4.69) is 10.6 Å². The van der Waals surface area contributed by atoms with Gasteiger partial charge in [-0.3, -0.25) is 0 Å². The van der Waals surface area contributed by atoms with Crippen LogP contribution in [0.3, 0.4) is 0 Å². The normalized spacial score (nSPS) is 21.4. The van der Waals surface area contributed by atoms with E-state index in [4.69, 9.17) is 18.9 Å². The highest BCUT2D eigenvalue weighted by Crippen LogP contribution is 2.34. The molecular formula is C21H28N2O6. The number of allylic oxidation sites excluding steroid dienone is 1. The van der Waals surface area contributed by atoms with Crippen LogP contribution in [0.5, 0.6) is 11.5 Å². The van der Waals surface area contributed by atoms with Gasteiger partial charge in [-0.2, -0.15) is 0 Å². The molecule has 0 bridgehead atoms. The van der Waals surface area contributed by atoms with Crippen molar-refractivity contribution in [3.63, 3.8) is 0 Å². The smallest absolute Gasteiger partial charge is 0.338 e. The number of amides is 2. The molecule has 0 unspecified atom stereocenters. The fraction of sp³-hybridized carbons (Fsp3) is 0.524. The summed E-state index contributed by atoms with van der Waals surface area (Å²) in [4.78, 5) is 24.9. The third kappa shape index (κ3) is 5.00. The molecule has 1 saturated heterocycles. The van der Waals surface area contributed by atoms with Gasteiger partial charge in [-0.15, -0.1) is 0 Å². The molecule has 0 aromatic heterocycles. The summed E-state index contributed by atoms with van der Waals surface area (Å²) in [6.45, 7) is 5.16. The first-order chi connectivity index (χ1) is 14.0. The molecule has 2 atom stereocenters. The molecule has 2 amide bonds. The fourth-order valence-electron chi connectivity index (χ4n) is 3.43. The first-order valence-corrected chi connectivity index (χ1v) is 9.91. The summed E-state index contributed by atoms with van der Waals surface area (Å²) in [5.74, 6) is 0.663. The second-order valence-electron chi connectivity index (χ2n) is 7.06.